The summed E-state index contributed by atoms with van der Waals surface area (Å²) in [5.41, 5.74) is 6.46. The summed E-state index contributed by atoms with van der Waals surface area (Å²) < 4.78 is 4.77. The largest absolute Gasteiger partial charge is 0.465 e. The Bertz CT molecular complexity index is 2580. The molecule has 0 spiro atoms. The van der Waals surface area contributed by atoms with Crippen molar-refractivity contribution >= 4 is 57.1 Å². The quantitative estimate of drug-likeness (QED) is 0.0988. The first-order valence-corrected chi connectivity index (χ1v) is 20.1. The third-order valence-electron chi connectivity index (χ3n) is 11.5. The van der Waals surface area contributed by atoms with Gasteiger partial charge in [0, 0.05) is 36.6 Å². The fraction of sp³-hybridized carbons (Fsp3) is 0.395. The summed E-state index contributed by atoms with van der Waals surface area (Å²) in [6, 6.07) is 14.5. The molecule has 5 N–H and O–H groups in total. The summed E-state index contributed by atoms with van der Waals surface area (Å²) >= 11 is 0. The first kappa shape index (κ1) is 39.3. The van der Waals surface area contributed by atoms with E-state index in [0.29, 0.717) is 36.0 Å². The van der Waals surface area contributed by atoms with E-state index in [0.717, 1.165) is 69.7 Å². The van der Waals surface area contributed by atoms with Gasteiger partial charge in [-0.15, -0.1) is 0 Å². The highest BCUT2D eigenvalue weighted by molar-refractivity contribution is 5.93. The fourth-order valence-electron chi connectivity index (χ4n) is 8.41. The highest BCUT2D eigenvalue weighted by atomic mass is 16.5. The Morgan fingerprint density at radius 2 is 1.15 bits per heavy atom. The van der Waals surface area contributed by atoms with Gasteiger partial charge in [-0.05, 0) is 83.7 Å². The number of imidazole rings is 2. The number of aromatic nitrogens is 6. The standard InChI is InChI=1S/C43H48N10O6/c1-22(2)34(48-42(56)57)40(54)52-14-6-8-32(52)38-46-30-18-28(20-44-36(30)50-38)26-12-10-25-17-27(13-11-24(25)16-26)29-19-31-37(45-21-29)51-39(47-31)33-9-7-15-53(33)41(55)35(23(3)4)49-43(58)59-5/h10-13,16-23,32-35,48H,6-9,14-15H2,1-5H3,(H,49,58)(H,56,57)(H,44,46,50)(H,45,47,51)/t32-,33?,34+,35+/m1/s1. The number of carboxylic acid groups (broad SMARTS) is 1. The molecule has 4 aromatic heterocycles. The molecule has 0 bridgehead atoms. The fourth-order valence-corrected chi connectivity index (χ4v) is 8.41. The Morgan fingerprint density at radius 1 is 0.695 bits per heavy atom. The van der Waals surface area contributed by atoms with Gasteiger partial charge < -0.3 is 40.2 Å². The van der Waals surface area contributed by atoms with Gasteiger partial charge in [-0.2, -0.15) is 0 Å². The number of carbonyl (C=O) groups is 4. The number of nitrogens with one attached hydrogen (secondary N) is 4. The number of hydrogen-bond donors (Lipinski definition) is 5. The molecule has 2 saturated heterocycles. The van der Waals surface area contributed by atoms with E-state index in [4.69, 9.17) is 14.7 Å². The van der Waals surface area contributed by atoms with Crippen LogP contribution in [0.15, 0.2) is 60.9 Å². The van der Waals surface area contributed by atoms with Crippen LogP contribution < -0.4 is 10.6 Å². The minimum absolute atomic E-state index is 0.126. The molecule has 4 amide bonds. The van der Waals surface area contributed by atoms with Gasteiger partial charge in [-0.25, -0.2) is 29.5 Å². The summed E-state index contributed by atoms with van der Waals surface area (Å²) in [4.78, 5) is 79.7. The molecule has 2 fully saturated rings. The summed E-state index contributed by atoms with van der Waals surface area (Å²) in [6.45, 7) is 8.53. The van der Waals surface area contributed by atoms with E-state index in [1.54, 1.807) is 16.0 Å². The highest BCUT2D eigenvalue weighted by Gasteiger charge is 2.39. The van der Waals surface area contributed by atoms with E-state index in [2.05, 4.69) is 67.0 Å². The van der Waals surface area contributed by atoms with Gasteiger partial charge in [0.25, 0.3) is 0 Å². The summed E-state index contributed by atoms with van der Waals surface area (Å²) in [5, 5.41) is 16.5. The van der Waals surface area contributed by atoms with Crippen LogP contribution in [0.5, 0.6) is 0 Å². The summed E-state index contributed by atoms with van der Waals surface area (Å²) in [5.74, 6) is 0.562. The highest BCUT2D eigenvalue weighted by Crippen LogP contribution is 2.36. The lowest BCUT2D eigenvalue weighted by atomic mass is 9.99. The van der Waals surface area contributed by atoms with Crippen LogP contribution in [0.1, 0.15) is 77.1 Å². The molecule has 59 heavy (non-hydrogen) atoms. The van der Waals surface area contributed by atoms with Crippen LogP contribution in [-0.4, -0.2) is 101 Å². The van der Waals surface area contributed by atoms with Crippen molar-refractivity contribution in [2.75, 3.05) is 20.2 Å². The lowest BCUT2D eigenvalue weighted by Crippen LogP contribution is -2.51. The maximum absolute atomic E-state index is 13.6. The third-order valence-corrected chi connectivity index (χ3v) is 11.5. The van der Waals surface area contributed by atoms with Gasteiger partial charge in [0.15, 0.2) is 11.3 Å². The molecule has 6 aromatic rings. The number of rotatable bonds is 10. The number of benzene rings is 2. The Morgan fingerprint density at radius 3 is 1.58 bits per heavy atom. The predicted molar refractivity (Wildman–Crippen MR) is 221 cm³/mol. The molecule has 306 valence electrons. The Kier molecular flexibility index (Phi) is 10.6. The van der Waals surface area contributed by atoms with Gasteiger partial charge in [0.05, 0.1) is 30.2 Å². The van der Waals surface area contributed by atoms with E-state index in [1.165, 1.54) is 7.11 Å². The number of pyridine rings is 2. The number of aromatic amines is 2. The zero-order valence-corrected chi connectivity index (χ0v) is 33.7. The molecule has 0 aliphatic carbocycles. The number of amides is 4. The monoisotopic (exact) mass is 800 g/mol. The van der Waals surface area contributed by atoms with Crippen LogP contribution >= 0.6 is 0 Å². The number of hydrogen-bond acceptors (Lipinski definition) is 9. The number of likely N-dealkylation sites (tertiary alicyclic amines) is 2. The van der Waals surface area contributed by atoms with Crippen molar-refractivity contribution in [3.8, 4) is 22.3 Å². The lowest BCUT2D eigenvalue weighted by Gasteiger charge is -2.29. The molecule has 16 heteroatoms. The lowest BCUT2D eigenvalue weighted by molar-refractivity contribution is -0.136. The van der Waals surface area contributed by atoms with Crippen molar-refractivity contribution in [2.45, 2.75) is 77.5 Å². The van der Waals surface area contributed by atoms with Gasteiger partial charge >= 0.3 is 12.2 Å². The molecular weight excluding hydrogens is 753 g/mol. The summed E-state index contributed by atoms with van der Waals surface area (Å²) in [7, 11) is 1.28. The van der Waals surface area contributed by atoms with Crippen LogP contribution in [0.2, 0.25) is 0 Å². The van der Waals surface area contributed by atoms with Crippen molar-refractivity contribution < 1.29 is 29.0 Å². The van der Waals surface area contributed by atoms with E-state index < -0.39 is 24.3 Å². The van der Waals surface area contributed by atoms with Crippen molar-refractivity contribution in [2.24, 2.45) is 11.8 Å². The normalized spacial score (nSPS) is 17.9. The molecule has 0 saturated carbocycles. The molecule has 2 aliphatic rings. The zero-order valence-electron chi connectivity index (χ0n) is 33.7. The average molecular weight is 801 g/mol. The third kappa shape index (κ3) is 7.74. The summed E-state index contributed by atoms with van der Waals surface area (Å²) in [6.07, 6.45) is 4.83. The van der Waals surface area contributed by atoms with Crippen molar-refractivity contribution in [3.05, 3.63) is 72.6 Å². The maximum Gasteiger partial charge on any atom is 0.407 e. The van der Waals surface area contributed by atoms with Gasteiger partial charge in [0.1, 0.15) is 23.7 Å². The number of carbonyl (C=O) groups excluding carboxylic acids is 3. The van der Waals surface area contributed by atoms with Crippen LogP contribution in [0.4, 0.5) is 9.59 Å². The Balaban J connectivity index is 0.997. The number of ether oxygens (including phenoxy) is 1. The van der Waals surface area contributed by atoms with Crippen molar-refractivity contribution in [1.82, 2.24) is 50.3 Å². The SMILES string of the molecule is COC(=O)N[C@H](C(=O)N1CCCC1c1nc2ncc(-c3ccc4cc(-c5cnc6nc([C@H]7CCCN7C(=O)[C@@H](NC(=O)O)C(C)C)[nH]c6c5)ccc4c3)cc2[nH]1)C(C)C. The zero-order chi connectivity index (χ0) is 41.5. The van der Waals surface area contributed by atoms with E-state index in [9.17, 15) is 24.3 Å². The average Bonchev–Trinajstić information content (AvgIpc) is 4.05. The maximum atomic E-state index is 13.6. The molecule has 16 nitrogen and oxygen atoms in total. The number of methoxy groups -OCH3 is 1. The second-order valence-electron chi connectivity index (χ2n) is 16.1. The van der Waals surface area contributed by atoms with E-state index in [1.807, 2.05) is 46.0 Å². The van der Waals surface area contributed by atoms with Gasteiger partial charge in [0.2, 0.25) is 11.8 Å². The minimum atomic E-state index is -1.22. The minimum Gasteiger partial charge on any atom is -0.465 e. The number of H-pyrrole nitrogens is 2. The first-order valence-electron chi connectivity index (χ1n) is 20.1. The molecule has 2 aromatic carbocycles. The van der Waals surface area contributed by atoms with Crippen LogP contribution in [0, 0.1) is 11.8 Å². The van der Waals surface area contributed by atoms with Crippen LogP contribution in [0.25, 0.3) is 55.4 Å². The molecule has 6 heterocycles. The Hall–Kier alpha value is -6.58. The molecule has 8 rings (SSSR count). The van der Waals surface area contributed by atoms with Gasteiger partial charge in [-0.3, -0.25) is 9.59 Å². The smallest absolute Gasteiger partial charge is 0.407 e. The molecule has 0 radical (unpaired) electrons. The van der Waals surface area contributed by atoms with E-state index in [-0.39, 0.29) is 35.7 Å². The molecular formula is C43H48N10O6. The molecule has 4 atom stereocenters. The molecule has 1 unspecified atom stereocenters. The van der Waals surface area contributed by atoms with Crippen molar-refractivity contribution in [3.63, 3.8) is 0 Å². The second kappa shape index (κ2) is 16.0. The molecule has 2 aliphatic heterocycles. The number of fused-ring (bicyclic) bond motifs is 3. The number of alkyl carbamates (subject to hydrolysis) is 1. The second-order valence-corrected chi connectivity index (χ2v) is 16.1. The van der Waals surface area contributed by atoms with E-state index >= 15 is 0 Å². The Labute approximate surface area is 340 Å². The first-order chi connectivity index (χ1) is 28.4. The van der Waals surface area contributed by atoms with Crippen molar-refractivity contribution in [1.29, 1.82) is 0 Å². The number of nitrogens with zero attached hydrogens (tertiary/aromatic N) is 6. The predicted octanol–water partition coefficient (Wildman–Crippen LogP) is 6.72. The van der Waals surface area contributed by atoms with Crippen LogP contribution in [0.3, 0.4) is 0 Å². The van der Waals surface area contributed by atoms with Gasteiger partial charge in [-0.1, -0.05) is 52.0 Å². The topological polar surface area (TPSA) is 211 Å². The van der Waals surface area contributed by atoms with Crippen LogP contribution in [-0.2, 0) is 14.3 Å².